The molecular weight excluding hydrogens is 278 g/mol. The van der Waals surface area contributed by atoms with Crippen molar-refractivity contribution in [3.8, 4) is 0 Å². The fraction of sp³-hybridized carbons (Fsp3) is 0.929. The Morgan fingerprint density at radius 3 is 2.50 bits per heavy atom. The zero-order valence-electron chi connectivity index (χ0n) is 12.9. The predicted octanol–water partition coefficient (Wildman–Crippen LogP) is 1.38. The topological polar surface area (TPSA) is 72.5 Å². The summed E-state index contributed by atoms with van der Waals surface area (Å²) in [5.41, 5.74) is 0. The molecule has 0 heterocycles. The van der Waals surface area contributed by atoms with Gasteiger partial charge in [0.15, 0.2) is 9.84 Å². The van der Waals surface area contributed by atoms with E-state index in [0.29, 0.717) is 18.3 Å². The van der Waals surface area contributed by atoms with E-state index >= 15 is 0 Å². The number of hydrogen-bond acceptors (Lipinski definition) is 5. The largest absolute Gasteiger partial charge is 0.465 e. The molecule has 0 aromatic rings. The van der Waals surface area contributed by atoms with Gasteiger partial charge in [-0.25, -0.2) is 8.42 Å². The molecule has 3 atom stereocenters. The molecule has 0 radical (unpaired) electrons. The van der Waals surface area contributed by atoms with Crippen LogP contribution in [0.25, 0.3) is 0 Å². The van der Waals surface area contributed by atoms with Crippen LogP contribution in [-0.4, -0.2) is 45.1 Å². The Labute approximate surface area is 122 Å². The first kappa shape index (κ1) is 17.4. The summed E-state index contributed by atoms with van der Waals surface area (Å²) < 4.78 is 29.7. The van der Waals surface area contributed by atoms with Crippen LogP contribution in [0.3, 0.4) is 0 Å². The number of hydrogen-bond donors (Lipinski definition) is 1. The first-order chi connectivity index (χ1) is 9.31. The van der Waals surface area contributed by atoms with Crippen LogP contribution in [0.1, 0.15) is 40.0 Å². The Hall–Kier alpha value is -0.620. The number of sulfone groups is 1. The van der Waals surface area contributed by atoms with Gasteiger partial charge in [-0.15, -0.1) is 0 Å². The number of carbonyl (C=O) groups excluding carboxylic acids is 1. The first-order valence-corrected chi connectivity index (χ1v) is 9.07. The SMILES string of the molecule is CCOC(=O)CS(=O)(=O)C1CC(C(C)C)CCC1NC. The zero-order chi connectivity index (χ0) is 15.3. The molecule has 1 aliphatic rings. The van der Waals surface area contributed by atoms with Crippen LogP contribution in [0.15, 0.2) is 0 Å². The molecule has 0 amide bonds. The van der Waals surface area contributed by atoms with Crippen molar-refractivity contribution in [2.24, 2.45) is 11.8 Å². The Kier molecular flexibility index (Phi) is 6.45. The van der Waals surface area contributed by atoms with Crippen molar-refractivity contribution in [2.75, 3.05) is 19.4 Å². The molecule has 1 saturated carbocycles. The van der Waals surface area contributed by atoms with Crippen LogP contribution >= 0.6 is 0 Å². The van der Waals surface area contributed by atoms with Gasteiger partial charge in [0, 0.05) is 6.04 Å². The summed E-state index contributed by atoms with van der Waals surface area (Å²) in [6.07, 6.45) is 2.51. The summed E-state index contributed by atoms with van der Waals surface area (Å²) in [5.74, 6) is -0.280. The molecule has 0 aromatic heterocycles. The second kappa shape index (κ2) is 7.41. The molecule has 1 fully saturated rings. The minimum atomic E-state index is -3.47. The van der Waals surface area contributed by atoms with Crippen LogP contribution in [-0.2, 0) is 19.4 Å². The normalized spacial score (nSPS) is 27.6. The van der Waals surface area contributed by atoms with Crippen molar-refractivity contribution < 1.29 is 17.9 Å². The minimum Gasteiger partial charge on any atom is -0.465 e. The standard InChI is InChI=1S/C14H27NO4S/c1-5-19-14(16)9-20(17,18)13-8-11(10(2)3)6-7-12(13)15-4/h10-13,15H,5-9H2,1-4H3. The van der Waals surface area contributed by atoms with E-state index in [2.05, 4.69) is 19.2 Å². The van der Waals surface area contributed by atoms with Crippen LogP contribution in [0.2, 0.25) is 0 Å². The predicted molar refractivity (Wildman–Crippen MR) is 79.2 cm³/mol. The summed E-state index contributed by atoms with van der Waals surface area (Å²) in [4.78, 5) is 11.5. The number of rotatable bonds is 6. The van der Waals surface area contributed by atoms with Crippen molar-refractivity contribution in [1.82, 2.24) is 5.32 Å². The number of nitrogens with one attached hydrogen (secondary N) is 1. The average molecular weight is 305 g/mol. The van der Waals surface area contributed by atoms with Gasteiger partial charge in [-0.05, 0) is 45.1 Å². The average Bonchev–Trinajstić information content (AvgIpc) is 2.37. The van der Waals surface area contributed by atoms with E-state index in [4.69, 9.17) is 4.74 Å². The van der Waals surface area contributed by atoms with E-state index in [1.807, 2.05) is 0 Å². The van der Waals surface area contributed by atoms with Crippen molar-refractivity contribution >= 4 is 15.8 Å². The highest BCUT2D eigenvalue weighted by Crippen LogP contribution is 2.33. The van der Waals surface area contributed by atoms with Crippen molar-refractivity contribution in [3.05, 3.63) is 0 Å². The lowest BCUT2D eigenvalue weighted by atomic mass is 9.79. The van der Waals surface area contributed by atoms with Gasteiger partial charge in [-0.1, -0.05) is 13.8 Å². The minimum absolute atomic E-state index is 0.0653. The Morgan fingerprint density at radius 2 is 2.00 bits per heavy atom. The molecule has 0 spiro atoms. The van der Waals surface area contributed by atoms with Gasteiger partial charge in [-0.2, -0.15) is 0 Å². The second-order valence-electron chi connectivity index (χ2n) is 5.86. The highest BCUT2D eigenvalue weighted by molar-refractivity contribution is 7.92. The Bertz CT molecular complexity index is 419. The molecule has 0 aromatic carbocycles. The smallest absolute Gasteiger partial charge is 0.321 e. The Balaban J connectivity index is 2.84. The maximum atomic E-state index is 12.5. The molecule has 3 unspecified atom stereocenters. The second-order valence-corrected chi connectivity index (χ2v) is 8.08. The molecule has 5 nitrogen and oxygen atoms in total. The molecule has 0 aliphatic heterocycles. The molecule has 1 aliphatic carbocycles. The van der Waals surface area contributed by atoms with Gasteiger partial charge in [0.25, 0.3) is 0 Å². The summed E-state index contributed by atoms with van der Waals surface area (Å²) >= 11 is 0. The molecule has 20 heavy (non-hydrogen) atoms. The Morgan fingerprint density at radius 1 is 1.35 bits per heavy atom. The molecule has 0 saturated heterocycles. The maximum absolute atomic E-state index is 12.5. The van der Waals surface area contributed by atoms with Crippen molar-refractivity contribution in [2.45, 2.75) is 51.3 Å². The van der Waals surface area contributed by atoms with E-state index in [1.54, 1.807) is 14.0 Å². The van der Waals surface area contributed by atoms with Gasteiger partial charge >= 0.3 is 5.97 Å². The zero-order valence-corrected chi connectivity index (χ0v) is 13.7. The highest BCUT2D eigenvalue weighted by atomic mass is 32.2. The maximum Gasteiger partial charge on any atom is 0.321 e. The third-order valence-electron chi connectivity index (χ3n) is 4.23. The summed E-state index contributed by atoms with van der Waals surface area (Å²) in [6, 6.07) is -0.0653. The lowest BCUT2D eigenvalue weighted by Crippen LogP contribution is -2.49. The lowest BCUT2D eigenvalue weighted by Gasteiger charge is -2.37. The third-order valence-corrected chi connectivity index (χ3v) is 6.31. The molecule has 1 rings (SSSR count). The monoisotopic (exact) mass is 305 g/mol. The van der Waals surface area contributed by atoms with Gasteiger partial charge < -0.3 is 10.1 Å². The molecule has 6 heteroatoms. The van der Waals surface area contributed by atoms with Gasteiger partial charge in [0.05, 0.1) is 11.9 Å². The number of esters is 1. The molecule has 1 N–H and O–H groups in total. The fourth-order valence-corrected chi connectivity index (χ4v) is 4.91. The van der Waals surface area contributed by atoms with E-state index in [1.165, 1.54) is 0 Å². The number of ether oxygens (including phenoxy) is 1. The molecular formula is C14H27NO4S. The van der Waals surface area contributed by atoms with E-state index in [9.17, 15) is 13.2 Å². The van der Waals surface area contributed by atoms with Gasteiger partial charge in [0.2, 0.25) is 0 Å². The molecule has 0 bridgehead atoms. The first-order valence-electron chi connectivity index (χ1n) is 7.36. The van der Waals surface area contributed by atoms with Crippen LogP contribution in [0, 0.1) is 11.8 Å². The summed E-state index contributed by atoms with van der Waals surface area (Å²) in [6.45, 7) is 6.14. The third kappa shape index (κ3) is 4.45. The summed E-state index contributed by atoms with van der Waals surface area (Å²) in [7, 11) is -1.68. The van der Waals surface area contributed by atoms with Crippen LogP contribution in [0.4, 0.5) is 0 Å². The van der Waals surface area contributed by atoms with Crippen LogP contribution in [0.5, 0.6) is 0 Å². The quantitative estimate of drug-likeness (QED) is 0.751. The van der Waals surface area contributed by atoms with Gasteiger partial charge in [-0.3, -0.25) is 4.79 Å². The van der Waals surface area contributed by atoms with Gasteiger partial charge in [0.1, 0.15) is 5.75 Å². The highest BCUT2D eigenvalue weighted by Gasteiger charge is 2.40. The van der Waals surface area contributed by atoms with E-state index in [-0.39, 0.29) is 12.6 Å². The van der Waals surface area contributed by atoms with Crippen LogP contribution < -0.4 is 5.32 Å². The van der Waals surface area contributed by atoms with Crippen molar-refractivity contribution in [3.63, 3.8) is 0 Å². The van der Waals surface area contributed by atoms with Crippen molar-refractivity contribution in [1.29, 1.82) is 0 Å². The lowest BCUT2D eigenvalue weighted by molar-refractivity contribution is -0.139. The van der Waals surface area contributed by atoms with E-state index in [0.717, 1.165) is 12.8 Å². The summed E-state index contributed by atoms with van der Waals surface area (Å²) in [5, 5.41) is 2.61. The molecule has 118 valence electrons. The fourth-order valence-electron chi connectivity index (χ4n) is 2.97. The number of carbonyl (C=O) groups is 1. The van der Waals surface area contributed by atoms with E-state index < -0.39 is 26.8 Å².